The van der Waals surface area contributed by atoms with E-state index in [1.54, 1.807) is 0 Å². The van der Waals surface area contributed by atoms with Gasteiger partial charge in [-0.05, 0) is 43.4 Å². The van der Waals surface area contributed by atoms with Gasteiger partial charge >= 0.3 is 12.3 Å². The first kappa shape index (κ1) is 25.5. The largest absolute Gasteiger partial charge is 0.573 e. The molecule has 4 aromatic rings. The smallest absolute Gasteiger partial charge is 0.480 e. The molecular weight excluding hydrogens is 503 g/mol. The van der Waals surface area contributed by atoms with Crippen LogP contribution in [0.3, 0.4) is 0 Å². The van der Waals surface area contributed by atoms with Crippen molar-refractivity contribution in [1.82, 2.24) is 9.97 Å². The second-order valence-corrected chi connectivity index (χ2v) is 8.98. The summed E-state index contributed by atoms with van der Waals surface area (Å²) in [4.78, 5) is 19.7. The van der Waals surface area contributed by atoms with Gasteiger partial charge in [0.15, 0.2) is 0 Å². The quantitative estimate of drug-likeness (QED) is 0.276. The number of hydrogen-bond donors (Lipinski definition) is 2. The molecule has 0 bridgehead atoms. The van der Waals surface area contributed by atoms with Gasteiger partial charge in [0.25, 0.3) is 0 Å². The number of rotatable bonds is 8. The van der Waals surface area contributed by atoms with Crippen LogP contribution in [0.4, 0.5) is 19.0 Å². The van der Waals surface area contributed by atoms with Crippen LogP contribution in [-0.2, 0) is 9.53 Å². The number of fused-ring (bicyclic) bond motifs is 1. The zero-order valence-corrected chi connectivity index (χ0v) is 20.1. The molecule has 198 valence electrons. The van der Waals surface area contributed by atoms with Gasteiger partial charge in [-0.2, -0.15) is 0 Å². The molecule has 0 aliphatic heterocycles. The summed E-state index contributed by atoms with van der Waals surface area (Å²) in [6.45, 7) is -0.352. The zero-order valence-electron chi connectivity index (χ0n) is 20.1. The third kappa shape index (κ3) is 5.88. The lowest BCUT2D eigenvalue weighted by Crippen LogP contribution is -2.33. The molecule has 11 heteroatoms. The molecular formula is C27H24F3N3O5. The van der Waals surface area contributed by atoms with E-state index >= 15 is 0 Å². The number of anilines is 1. The van der Waals surface area contributed by atoms with Crippen molar-refractivity contribution in [2.24, 2.45) is 0 Å². The Morgan fingerprint density at radius 1 is 1.05 bits per heavy atom. The number of halogens is 3. The van der Waals surface area contributed by atoms with Gasteiger partial charge < -0.3 is 24.3 Å². The van der Waals surface area contributed by atoms with Crippen LogP contribution in [0.25, 0.3) is 33.6 Å². The van der Waals surface area contributed by atoms with E-state index in [1.807, 2.05) is 30.3 Å². The third-order valence-corrected chi connectivity index (χ3v) is 6.31. The number of ether oxygens (including phenoxy) is 2. The summed E-state index contributed by atoms with van der Waals surface area (Å²) in [5.41, 5.74) is 2.31. The summed E-state index contributed by atoms with van der Waals surface area (Å²) in [5.74, 6) is -0.337. The van der Waals surface area contributed by atoms with Gasteiger partial charge in [-0.3, -0.25) is 0 Å². The van der Waals surface area contributed by atoms with Crippen molar-refractivity contribution < 1.29 is 37.0 Å². The molecule has 1 aliphatic carbocycles. The molecule has 8 nitrogen and oxygen atoms in total. The highest BCUT2D eigenvalue weighted by Gasteiger charge is 2.31. The van der Waals surface area contributed by atoms with Gasteiger partial charge in [-0.1, -0.05) is 42.5 Å². The number of nitrogens with zero attached hydrogens (tertiary/aromatic N) is 2. The molecule has 0 radical (unpaired) electrons. The lowest BCUT2D eigenvalue weighted by molar-refractivity contribution is -0.274. The molecule has 0 amide bonds. The van der Waals surface area contributed by atoms with E-state index in [-0.39, 0.29) is 24.5 Å². The first-order valence-corrected chi connectivity index (χ1v) is 12.1. The summed E-state index contributed by atoms with van der Waals surface area (Å²) in [7, 11) is 0. The molecule has 1 fully saturated rings. The molecule has 2 atom stereocenters. The van der Waals surface area contributed by atoms with E-state index in [2.05, 4.69) is 20.0 Å². The molecule has 2 aromatic heterocycles. The minimum atomic E-state index is -4.80. The van der Waals surface area contributed by atoms with Crippen molar-refractivity contribution in [3.05, 3.63) is 60.9 Å². The van der Waals surface area contributed by atoms with Crippen LogP contribution < -0.4 is 10.1 Å². The minimum Gasteiger partial charge on any atom is -0.480 e. The first-order valence-electron chi connectivity index (χ1n) is 12.1. The van der Waals surface area contributed by atoms with E-state index in [9.17, 15) is 18.0 Å². The summed E-state index contributed by atoms with van der Waals surface area (Å²) < 4.78 is 53.8. The van der Waals surface area contributed by atoms with Crippen molar-refractivity contribution in [2.45, 2.75) is 44.2 Å². The Labute approximate surface area is 215 Å². The van der Waals surface area contributed by atoms with E-state index in [4.69, 9.17) is 14.3 Å². The van der Waals surface area contributed by atoms with Crippen molar-refractivity contribution in [3.63, 3.8) is 0 Å². The highest BCUT2D eigenvalue weighted by molar-refractivity contribution is 6.05. The number of furan rings is 1. The second kappa shape index (κ2) is 10.7. The molecule has 5 rings (SSSR count). The van der Waals surface area contributed by atoms with Crippen LogP contribution in [0.15, 0.2) is 65.3 Å². The summed E-state index contributed by atoms with van der Waals surface area (Å²) in [5, 5.41) is 13.0. The van der Waals surface area contributed by atoms with Crippen molar-refractivity contribution in [1.29, 1.82) is 0 Å². The number of alkyl halides is 3. The lowest BCUT2D eigenvalue weighted by atomic mass is 9.92. The van der Waals surface area contributed by atoms with Crippen LogP contribution in [0, 0.1) is 0 Å². The Morgan fingerprint density at radius 3 is 2.53 bits per heavy atom. The Bertz CT molecular complexity index is 1410. The van der Waals surface area contributed by atoms with Crippen molar-refractivity contribution >= 4 is 22.9 Å². The maximum atomic E-state index is 12.7. The molecule has 1 saturated carbocycles. The van der Waals surface area contributed by atoms with Crippen molar-refractivity contribution in [3.8, 4) is 28.2 Å². The third-order valence-electron chi connectivity index (χ3n) is 6.31. The highest BCUT2D eigenvalue weighted by Crippen LogP contribution is 2.43. The van der Waals surface area contributed by atoms with Crippen LogP contribution in [-0.4, -0.2) is 46.2 Å². The summed E-state index contributed by atoms with van der Waals surface area (Å²) >= 11 is 0. The molecule has 38 heavy (non-hydrogen) atoms. The van der Waals surface area contributed by atoms with Gasteiger partial charge in [-0.15, -0.1) is 13.2 Å². The molecule has 2 N–H and O–H groups in total. The molecule has 0 saturated heterocycles. The standard InChI is InChI=1S/C27H24F3N3O5/c28-27(29,30)38-19-11-9-16(10-12-19)22-23-25(33-18-7-4-8-20(13-18)36-14-21(34)35)31-15-32-26(23)37-24(22)17-5-2-1-3-6-17/h1-3,5-6,9-12,15,18,20H,4,7-8,13-14H2,(H,34,35)(H,31,32,33)/t18-,20-/m0/s1. The average Bonchev–Trinajstić information content (AvgIpc) is 3.29. The molecule has 2 aromatic carbocycles. The number of aromatic nitrogens is 2. The van der Waals surface area contributed by atoms with Gasteiger partial charge in [-0.25, -0.2) is 14.8 Å². The maximum Gasteiger partial charge on any atom is 0.573 e. The summed E-state index contributed by atoms with van der Waals surface area (Å²) in [6.07, 6.45) is -0.554. The second-order valence-electron chi connectivity index (χ2n) is 8.98. The van der Waals surface area contributed by atoms with E-state index in [1.165, 1.54) is 30.6 Å². The number of carboxylic acid groups (broad SMARTS) is 1. The Kier molecular flexibility index (Phi) is 7.19. The van der Waals surface area contributed by atoms with E-state index in [0.29, 0.717) is 40.2 Å². The van der Waals surface area contributed by atoms with Gasteiger partial charge in [0, 0.05) is 17.2 Å². The fourth-order valence-corrected chi connectivity index (χ4v) is 4.74. The zero-order chi connectivity index (χ0) is 26.7. The van der Waals surface area contributed by atoms with Crippen LogP contribution in [0.1, 0.15) is 25.7 Å². The maximum absolute atomic E-state index is 12.7. The molecule has 2 heterocycles. The van der Waals surface area contributed by atoms with E-state index in [0.717, 1.165) is 24.8 Å². The predicted molar refractivity (Wildman–Crippen MR) is 133 cm³/mol. The number of carboxylic acids is 1. The SMILES string of the molecule is O=C(O)CO[C@H]1CCC[C@H](Nc2ncnc3oc(-c4ccccc4)c(-c4ccc(OC(F)(F)F)cc4)c23)C1. The monoisotopic (exact) mass is 527 g/mol. The Morgan fingerprint density at radius 2 is 1.82 bits per heavy atom. The van der Waals surface area contributed by atoms with Crippen molar-refractivity contribution in [2.75, 3.05) is 11.9 Å². The lowest BCUT2D eigenvalue weighted by Gasteiger charge is -2.29. The predicted octanol–water partition coefficient (Wildman–Crippen LogP) is 6.28. The summed E-state index contributed by atoms with van der Waals surface area (Å²) in [6, 6.07) is 14.9. The normalized spacial score (nSPS) is 17.9. The highest BCUT2D eigenvalue weighted by atomic mass is 19.4. The number of benzene rings is 2. The Hall–Kier alpha value is -4.12. The average molecular weight is 527 g/mol. The number of hydrogen-bond acceptors (Lipinski definition) is 7. The van der Waals surface area contributed by atoms with E-state index < -0.39 is 12.3 Å². The van der Waals surface area contributed by atoms with Crippen LogP contribution in [0.5, 0.6) is 5.75 Å². The molecule has 0 spiro atoms. The van der Waals surface area contributed by atoms with Gasteiger partial charge in [0.05, 0.1) is 11.5 Å². The fourth-order valence-electron chi connectivity index (χ4n) is 4.74. The number of aliphatic carboxylic acids is 1. The van der Waals surface area contributed by atoms with Gasteiger partial charge in [0.1, 0.15) is 30.3 Å². The number of nitrogens with one attached hydrogen (secondary N) is 1. The molecule has 0 unspecified atom stereocenters. The topological polar surface area (TPSA) is 107 Å². The number of carbonyl (C=O) groups is 1. The van der Waals surface area contributed by atoms with Crippen LogP contribution >= 0.6 is 0 Å². The minimum absolute atomic E-state index is 0.0360. The Balaban J connectivity index is 1.54. The molecule has 1 aliphatic rings. The fraction of sp³-hybridized carbons (Fsp3) is 0.296. The first-order chi connectivity index (χ1) is 18.3. The van der Waals surface area contributed by atoms with Gasteiger partial charge in [0.2, 0.25) is 5.71 Å². The van der Waals surface area contributed by atoms with Crippen LogP contribution in [0.2, 0.25) is 0 Å².